The number of halogens is 1. The molecule has 0 spiro atoms. The van der Waals surface area contributed by atoms with Gasteiger partial charge in [-0.05, 0) is 29.8 Å². The maximum atomic E-state index is 6.02. The second kappa shape index (κ2) is 5.58. The highest BCUT2D eigenvalue weighted by Crippen LogP contribution is 2.46. The standard InChI is InChI=1S/C18H18ClN3/c1-18(2)13-7-4-5-9-15(13)22(3)16(18)10-12-20-14-8-6-11-21-17(14)19/h4-12H,1-3H3/b16-10-,20-12?. The van der Waals surface area contributed by atoms with Gasteiger partial charge in [0.15, 0.2) is 5.15 Å². The molecule has 0 fully saturated rings. The summed E-state index contributed by atoms with van der Waals surface area (Å²) in [7, 11) is 2.09. The first kappa shape index (κ1) is 14.8. The molecule has 112 valence electrons. The average Bonchev–Trinajstić information content (AvgIpc) is 2.70. The Morgan fingerprint density at radius 3 is 2.68 bits per heavy atom. The third-order valence-corrected chi connectivity index (χ3v) is 4.42. The lowest BCUT2D eigenvalue weighted by Crippen LogP contribution is -2.23. The largest absolute Gasteiger partial charge is 0.347 e. The zero-order valence-electron chi connectivity index (χ0n) is 12.9. The van der Waals surface area contributed by atoms with Crippen LogP contribution in [-0.2, 0) is 5.41 Å². The van der Waals surface area contributed by atoms with Crippen molar-refractivity contribution >= 4 is 29.2 Å². The van der Waals surface area contributed by atoms with E-state index in [0.29, 0.717) is 10.8 Å². The number of anilines is 1. The predicted octanol–water partition coefficient (Wildman–Crippen LogP) is 4.75. The minimum absolute atomic E-state index is 0.0455. The maximum Gasteiger partial charge on any atom is 0.154 e. The van der Waals surface area contributed by atoms with Gasteiger partial charge in [0, 0.05) is 36.3 Å². The summed E-state index contributed by atoms with van der Waals surface area (Å²) in [5, 5.41) is 0.416. The normalized spacial score (nSPS) is 18.2. The van der Waals surface area contributed by atoms with E-state index in [1.807, 2.05) is 18.2 Å². The fraction of sp³-hybridized carbons (Fsp3) is 0.222. The van der Waals surface area contributed by atoms with Crippen LogP contribution in [0.4, 0.5) is 11.4 Å². The van der Waals surface area contributed by atoms with Crippen LogP contribution in [0.1, 0.15) is 19.4 Å². The lowest BCUT2D eigenvalue weighted by Gasteiger charge is -2.23. The first-order valence-corrected chi connectivity index (χ1v) is 7.58. The first-order valence-electron chi connectivity index (χ1n) is 7.20. The highest BCUT2D eigenvalue weighted by atomic mass is 35.5. The van der Waals surface area contributed by atoms with E-state index in [0.717, 1.165) is 0 Å². The number of hydrogen-bond acceptors (Lipinski definition) is 3. The van der Waals surface area contributed by atoms with Gasteiger partial charge in [-0.15, -0.1) is 0 Å². The number of hydrogen-bond donors (Lipinski definition) is 0. The Labute approximate surface area is 136 Å². The minimum Gasteiger partial charge on any atom is -0.347 e. The van der Waals surface area contributed by atoms with Crippen molar-refractivity contribution in [3.63, 3.8) is 0 Å². The Morgan fingerprint density at radius 2 is 1.95 bits per heavy atom. The Bertz CT molecular complexity index is 762. The highest BCUT2D eigenvalue weighted by Gasteiger charge is 2.37. The fourth-order valence-electron chi connectivity index (χ4n) is 2.96. The lowest BCUT2D eigenvalue weighted by atomic mass is 9.84. The van der Waals surface area contributed by atoms with E-state index in [1.54, 1.807) is 12.4 Å². The Balaban J connectivity index is 1.94. The van der Waals surface area contributed by atoms with Gasteiger partial charge in [0.1, 0.15) is 5.69 Å². The number of pyridine rings is 1. The maximum absolute atomic E-state index is 6.02. The number of para-hydroxylation sites is 1. The van der Waals surface area contributed by atoms with Gasteiger partial charge in [-0.25, -0.2) is 4.98 Å². The summed E-state index contributed by atoms with van der Waals surface area (Å²) in [6.07, 6.45) is 5.50. The molecule has 0 bridgehead atoms. The van der Waals surface area contributed by atoms with Gasteiger partial charge < -0.3 is 4.90 Å². The lowest BCUT2D eigenvalue weighted by molar-refractivity contribution is 0.641. The Hall–Kier alpha value is -2.13. The summed E-state index contributed by atoms with van der Waals surface area (Å²) >= 11 is 6.02. The van der Waals surface area contributed by atoms with E-state index in [9.17, 15) is 0 Å². The van der Waals surface area contributed by atoms with Crippen LogP contribution in [0.15, 0.2) is 59.4 Å². The molecule has 1 aromatic heterocycles. The minimum atomic E-state index is -0.0455. The number of rotatable bonds is 2. The van der Waals surface area contributed by atoms with Crippen molar-refractivity contribution in [1.82, 2.24) is 4.98 Å². The van der Waals surface area contributed by atoms with E-state index in [1.165, 1.54) is 16.9 Å². The van der Waals surface area contributed by atoms with Crippen LogP contribution in [0.2, 0.25) is 5.15 Å². The second-order valence-electron chi connectivity index (χ2n) is 5.84. The molecule has 2 aromatic rings. The molecule has 4 heteroatoms. The average molecular weight is 312 g/mol. The molecule has 0 N–H and O–H groups in total. The molecule has 22 heavy (non-hydrogen) atoms. The molecule has 0 aliphatic carbocycles. The zero-order chi connectivity index (χ0) is 15.7. The summed E-state index contributed by atoms with van der Waals surface area (Å²) in [5.41, 5.74) is 4.41. The monoisotopic (exact) mass is 311 g/mol. The summed E-state index contributed by atoms with van der Waals surface area (Å²) in [6, 6.07) is 12.2. The molecule has 0 unspecified atom stereocenters. The SMILES string of the molecule is CN1/C(=C\C=Nc2cccnc2Cl)C(C)(C)c2ccccc21. The van der Waals surface area contributed by atoms with Crippen molar-refractivity contribution in [3.8, 4) is 0 Å². The Morgan fingerprint density at radius 1 is 1.18 bits per heavy atom. The molecular weight excluding hydrogens is 294 g/mol. The number of aromatic nitrogens is 1. The van der Waals surface area contributed by atoms with Crippen LogP contribution in [0.3, 0.4) is 0 Å². The Kier molecular flexibility index (Phi) is 3.75. The molecule has 1 aromatic carbocycles. The summed E-state index contributed by atoms with van der Waals surface area (Å²) in [6.45, 7) is 4.46. The van der Waals surface area contributed by atoms with Gasteiger partial charge in [-0.1, -0.05) is 43.6 Å². The smallest absolute Gasteiger partial charge is 0.154 e. The summed E-state index contributed by atoms with van der Waals surface area (Å²) < 4.78 is 0. The molecule has 0 atom stereocenters. The molecule has 0 amide bonds. The van der Waals surface area contributed by atoms with E-state index < -0.39 is 0 Å². The molecule has 0 saturated carbocycles. The van der Waals surface area contributed by atoms with E-state index in [4.69, 9.17) is 11.6 Å². The number of likely N-dealkylation sites (N-methyl/N-ethyl adjacent to an activating group) is 1. The number of aliphatic imine (C=N–C) groups is 1. The van der Waals surface area contributed by atoms with Gasteiger partial charge in [0.05, 0.1) is 0 Å². The van der Waals surface area contributed by atoms with Gasteiger partial charge >= 0.3 is 0 Å². The van der Waals surface area contributed by atoms with Crippen LogP contribution >= 0.6 is 11.6 Å². The van der Waals surface area contributed by atoms with Crippen LogP contribution < -0.4 is 4.90 Å². The number of benzene rings is 1. The van der Waals surface area contributed by atoms with E-state index in [-0.39, 0.29) is 5.41 Å². The molecule has 1 aliphatic heterocycles. The van der Waals surface area contributed by atoms with E-state index in [2.05, 4.69) is 60.0 Å². The van der Waals surface area contributed by atoms with Crippen molar-refractivity contribution in [2.45, 2.75) is 19.3 Å². The van der Waals surface area contributed by atoms with Crippen molar-refractivity contribution in [2.75, 3.05) is 11.9 Å². The third-order valence-electron chi connectivity index (χ3n) is 4.13. The van der Waals surface area contributed by atoms with Crippen molar-refractivity contribution in [3.05, 3.63) is 65.1 Å². The number of fused-ring (bicyclic) bond motifs is 1. The molecule has 0 radical (unpaired) electrons. The molecule has 3 nitrogen and oxygen atoms in total. The summed E-state index contributed by atoms with van der Waals surface area (Å²) in [5.74, 6) is 0. The second-order valence-corrected chi connectivity index (χ2v) is 6.20. The summed E-state index contributed by atoms with van der Waals surface area (Å²) in [4.78, 5) is 10.7. The van der Waals surface area contributed by atoms with Crippen molar-refractivity contribution in [1.29, 1.82) is 0 Å². The van der Waals surface area contributed by atoms with E-state index >= 15 is 0 Å². The highest BCUT2D eigenvalue weighted by molar-refractivity contribution is 6.31. The van der Waals surface area contributed by atoms with Crippen molar-refractivity contribution < 1.29 is 0 Å². The van der Waals surface area contributed by atoms with Gasteiger partial charge in [0.2, 0.25) is 0 Å². The third kappa shape index (κ3) is 2.42. The molecule has 3 rings (SSSR count). The number of allylic oxidation sites excluding steroid dienone is 2. The number of nitrogens with zero attached hydrogens (tertiary/aromatic N) is 3. The van der Waals surface area contributed by atoms with Crippen LogP contribution in [0, 0.1) is 0 Å². The van der Waals surface area contributed by atoms with Crippen molar-refractivity contribution in [2.24, 2.45) is 4.99 Å². The molecule has 0 saturated heterocycles. The molecular formula is C18H18ClN3. The van der Waals surface area contributed by atoms with Gasteiger partial charge in [0.25, 0.3) is 0 Å². The van der Waals surface area contributed by atoms with Gasteiger partial charge in [-0.3, -0.25) is 4.99 Å². The topological polar surface area (TPSA) is 28.5 Å². The van der Waals surface area contributed by atoms with Gasteiger partial charge in [-0.2, -0.15) is 0 Å². The van der Waals surface area contributed by atoms with Crippen LogP contribution in [0.25, 0.3) is 0 Å². The van der Waals surface area contributed by atoms with Crippen LogP contribution in [-0.4, -0.2) is 18.2 Å². The predicted molar refractivity (Wildman–Crippen MR) is 93.4 cm³/mol. The molecule has 2 heterocycles. The molecule has 1 aliphatic rings. The quantitative estimate of drug-likeness (QED) is 0.591. The fourth-order valence-corrected chi connectivity index (χ4v) is 3.13. The zero-order valence-corrected chi connectivity index (χ0v) is 13.7. The van der Waals surface area contributed by atoms with Crippen LogP contribution in [0.5, 0.6) is 0 Å². The first-order chi connectivity index (χ1) is 10.5.